The first-order chi connectivity index (χ1) is 9.09. The molecule has 0 amide bonds. The number of nitrogens with one attached hydrogen (secondary N) is 1. The number of hydrogen-bond donors (Lipinski definition) is 1. The molecule has 1 aromatic rings. The third kappa shape index (κ3) is 2.86. The molecule has 1 fully saturated rings. The van der Waals surface area contributed by atoms with Gasteiger partial charge in [0.15, 0.2) is 11.5 Å². The number of hydrogen-bond acceptors (Lipinski definition) is 3. The van der Waals surface area contributed by atoms with Gasteiger partial charge in [-0.2, -0.15) is 0 Å². The molecule has 0 saturated heterocycles. The maximum atomic E-state index is 6.13. The normalized spacial score (nSPS) is 24.6. The summed E-state index contributed by atoms with van der Waals surface area (Å²) in [7, 11) is 1.68. The fourth-order valence-corrected chi connectivity index (χ4v) is 2.62. The van der Waals surface area contributed by atoms with E-state index in [1.807, 2.05) is 24.3 Å². The van der Waals surface area contributed by atoms with Crippen molar-refractivity contribution in [3.05, 3.63) is 24.3 Å². The van der Waals surface area contributed by atoms with E-state index in [1.165, 1.54) is 6.42 Å². The second kappa shape index (κ2) is 5.83. The highest BCUT2D eigenvalue weighted by atomic mass is 16.5. The van der Waals surface area contributed by atoms with Gasteiger partial charge < -0.3 is 14.8 Å². The molecule has 1 N–H and O–H groups in total. The van der Waals surface area contributed by atoms with Crippen molar-refractivity contribution in [1.29, 1.82) is 0 Å². The van der Waals surface area contributed by atoms with Crippen LogP contribution < -0.4 is 14.8 Å². The van der Waals surface area contributed by atoms with Gasteiger partial charge in [-0.1, -0.05) is 32.9 Å². The number of ether oxygens (including phenoxy) is 2. The maximum absolute atomic E-state index is 6.13. The molecule has 0 aromatic heterocycles. The Morgan fingerprint density at radius 1 is 1.26 bits per heavy atom. The van der Waals surface area contributed by atoms with Gasteiger partial charge in [0.25, 0.3) is 0 Å². The van der Waals surface area contributed by atoms with Crippen LogP contribution in [0.2, 0.25) is 0 Å². The van der Waals surface area contributed by atoms with Crippen molar-refractivity contribution < 1.29 is 9.47 Å². The summed E-state index contributed by atoms with van der Waals surface area (Å²) in [5.74, 6) is 1.65. The Labute approximate surface area is 116 Å². The van der Waals surface area contributed by atoms with Gasteiger partial charge in [0.1, 0.15) is 6.10 Å². The van der Waals surface area contributed by atoms with E-state index in [1.54, 1.807) is 7.11 Å². The molecule has 0 aliphatic heterocycles. The summed E-state index contributed by atoms with van der Waals surface area (Å²) >= 11 is 0. The summed E-state index contributed by atoms with van der Waals surface area (Å²) in [5, 5.41) is 3.59. The number of methoxy groups -OCH3 is 1. The van der Waals surface area contributed by atoms with Crippen LogP contribution in [0.1, 0.15) is 33.6 Å². The van der Waals surface area contributed by atoms with Gasteiger partial charge in [0.05, 0.1) is 7.11 Å². The first-order valence-electron chi connectivity index (χ1n) is 7.12. The zero-order chi connectivity index (χ0) is 13.9. The van der Waals surface area contributed by atoms with E-state index >= 15 is 0 Å². The minimum atomic E-state index is 0.163. The third-order valence-corrected chi connectivity index (χ3v) is 4.16. The van der Waals surface area contributed by atoms with E-state index in [0.29, 0.717) is 6.04 Å². The molecule has 1 saturated carbocycles. The van der Waals surface area contributed by atoms with E-state index in [9.17, 15) is 0 Å². The Hall–Kier alpha value is -1.22. The van der Waals surface area contributed by atoms with E-state index < -0.39 is 0 Å². The minimum absolute atomic E-state index is 0.163. The molecule has 3 nitrogen and oxygen atoms in total. The van der Waals surface area contributed by atoms with E-state index in [4.69, 9.17) is 9.47 Å². The summed E-state index contributed by atoms with van der Waals surface area (Å²) in [6.45, 7) is 7.81. The molecule has 0 spiro atoms. The summed E-state index contributed by atoms with van der Waals surface area (Å²) in [5.41, 5.74) is 0.163. The first kappa shape index (κ1) is 14.2. The molecular formula is C16H25NO2. The second-order valence-electron chi connectivity index (χ2n) is 5.82. The van der Waals surface area contributed by atoms with Crippen molar-refractivity contribution in [3.63, 3.8) is 0 Å². The van der Waals surface area contributed by atoms with E-state index in [2.05, 4.69) is 26.1 Å². The smallest absolute Gasteiger partial charge is 0.161 e. The summed E-state index contributed by atoms with van der Waals surface area (Å²) in [4.78, 5) is 0. The Kier molecular flexibility index (Phi) is 4.35. The molecule has 2 rings (SSSR count). The Bertz CT molecular complexity index is 417. The lowest BCUT2D eigenvalue weighted by molar-refractivity contribution is -0.0555. The van der Waals surface area contributed by atoms with Crippen LogP contribution in [0.5, 0.6) is 11.5 Å². The molecule has 106 valence electrons. The Morgan fingerprint density at radius 3 is 2.53 bits per heavy atom. The lowest BCUT2D eigenvalue weighted by Gasteiger charge is -2.51. The molecule has 1 aliphatic carbocycles. The van der Waals surface area contributed by atoms with Crippen molar-refractivity contribution in [3.8, 4) is 11.5 Å². The van der Waals surface area contributed by atoms with E-state index in [0.717, 1.165) is 24.5 Å². The zero-order valence-electron chi connectivity index (χ0n) is 12.4. The van der Waals surface area contributed by atoms with Gasteiger partial charge in [-0.05, 0) is 25.1 Å². The molecule has 3 heteroatoms. The molecular weight excluding hydrogens is 238 g/mol. The highest BCUT2D eigenvalue weighted by Crippen LogP contribution is 2.44. The number of benzene rings is 1. The summed E-state index contributed by atoms with van der Waals surface area (Å²) in [6.07, 6.45) is 2.48. The quantitative estimate of drug-likeness (QED) is 0.854. The van der Waals surface area contributed by atoms with Crippen LogP contribution >= 0.6 is 0 Å². The van der Waals surface area contributed by atoms with Gasteiger partial charge in [0.2, 0.25) is 0 Å². The Morgan fingerprint density at radius 2 is 1.95 bits per heavy atom. The van der Waals surface area contributed by atoms with Crippen LogP contribution in [0.25, 0.3) is 0 Å². The van der Waals surface area contributed by atoms with Gasteiger partial charge >= 0.3 is 0 Å². The fourth-order valence-electron chi connectivity index (χ4n) is 2.62. The minimum Gasteiger partial charge on any atom is -0.493 e. The van der Waals surface area contributed by atoms with Gasteiger partial charge in [-0.15, -0.1) is 0 Å². The van der Waals surface area contributed by atoms with Crippen molar-refractivity contribution in [2.24, 2.45) is 5.41 Å². The van der Waals surface area contributed by atoms with E-state index in [-0.39, 0.29) is 11.5 Å². The van der Waals surface area contributed by atoms with Gasteiger partial charge in [0, 0.05) is 17.9 Å². The largest absolute Gasteiger partial charge is 0.493 e. The van der Waals surface area contributed by atoms with Crippen LogP contribution in [-0.4, -0.2) is 25.8 Å². The summed E-state index contributed by atoms with van der Waals surface area (Å²) < 4.78 is 11.5. The highest BCUT2D eigenvalue weighted by molar-refractivity contribution is 5.39. The van der Waals surface area contributed by atoms with Crippen molar-refractivity contribution in [2.45, 2.75) is 45.8 Å². The predicted molar refractivity (Wildman–Crippen MR) is 77.9 cm³/mol. The maximum Gasteiger partial charge on any atom is 0.161 e. The van der Waals surface area contributed by atoms with Crippen molar-refractivity contribution in [1.82, 2.24) is 5.32 Å². The molecule has 19 heavy (non-hydrogen) atoms. The average Bonchev–Trinajstić information content (AvgIpc) is 2.42. The van der Waals surface area contributed by atoms with Gasteiger partial charge in [-0.3, -0.25) is 0 Å². The molecule has 1 aliphatic rings. The van der Waals surface area contributed by atoms with Crippen LogP contribution in [0.15, 0.2) is 24.3 Å². The average molecular weight is 263 g/mol. The topological polar surface area (TPSA) is 30.5 Å². The summed E-state index contributed by atoms with van der Waals surface area (Å²) in [6, 6.07) is 8.40. The second-order valence-corrected chi connectivity index (χ2v) is 5.82. The first-order valence-corrected chi connectivity index (χ1v) is 7.12. The number of para-hydroxylation sites is 2. The lowest BCUT2D eigenvalue weighted by atomic mass is 9.64. The van der Waals surface area contributed by atoms with Crippen molar-refractivity contribution in [2.75, 3.05) is 13.7 Å². The zero-order valence-corrected chi connectivity index (χ0v) is 12.4. The molecule has 1 aromatic carbocycles. The van der Waals surface area contributed by atoms with Crippen LogP contribution in [0.3, 0.4) is 0 Å². The van der Waals surface area contributed by atoms with Gasteiger partial charge in [-0.25, -0.2) is 0 Å². The molecule has 0 heterocycles. The standard InChI is InChI=1S/C16H25NO2/c1-5-10-17-14-11-15(16(14,2)3)19-13-9-7-6-8-12(13)18-4/h6-9,14-15,17H,5,10-11H2,1-4H3. The fraction of sp³-hybridized carbons (Fsp3) is 0.625. The van der Waals surface area contributed by atoms with Crippen LogP contribution in [0, 0.1) is 5.41 Å². The molecule has 2 unspecified atom stereocenters. The SMILES string of the molecule is CCCNC1CC(Oc2ccccc2OC)C1(C)C. The predicted octanol–water partition coefficient (Wildman–Crippen LogP) is 3.24. The highest BCUT2D eigenvalue weighted by Gasteiger charge is 2.49. The third-order valence-electron chi connectivity index (χ3n) is 4.16. The molecule has 2 atom stereocenters. The Balaban J connectivity index is 1.98. The van der Waals surface area contributed by atoms with Crippen LogP contribution in [-0.2, 0) is 0 Å². The lowest BCUT2D eigenvalue weighted by Crippen LogP contribution is -2.62. The van der Waals surface area contributed by atoms with Crippen molar-refractivity contribution >= 4 is 0 Å². The molecule has 0 bridgehead atoms. The molecule has 0 radical (unpaired) electrons. The number of rotatable bonds is 6. The van der Waals surface area contributed by atoms with Crippen LogP contribution in [0.4, 0.5) is 0 Å². The monoisotopic (exact) mass is 263 g/mol.